The monoisotopic (exact) mass is 341 g/mol. The fourth-order valence-electron chi connectivity index (χ4n) is 2.09. The van der Waals surface area contributed by atoms with Crippen LogP contribution in [0.3, 0.4) is 0 Å². The van der Waals surface area contributed by atoms with Crippen molar-refractivity contribution in [3.05, 3.63) is 58.9 Å². The average molecular weight is 343 g/mol. The second kappa shape index (κ2) is 6.40. The van der Waals surface area contributed by atoms with Crippen molar-refractivity contribution in [1.82, 2.24) is 0 Å². The van der Waals surface area contributed by atoms with Crippen LogP contribution in [0.4, 0.5) is 15.8 Å². The van der Waals surface area contributed by atoms with Crippen molar-refractivity contribution in [2.75, 3.05) is 11.4 Å². The highest BCUT2D eigenvalue weighted by atomic mass is 79.9. The molecule has 4 heteroatoms. The Kier molecular flexibility index (Phi) is 4.83. The van der Waals surface area contributed by atoms with Crippen LogP contribution >= 0.6 is 27.5 Å². The molecule has 100 valence electrons. The summed E-state index contributed by atoms with van der Waals surface area (Å²) in [5, 5.41) is 1.30. The lowest BCUT2D eigenvalue weighted by Gasteiger charge is -2.27. The van der Waals surface area contributed by atoms with Crippen LogP contribution in [0.2, 0.25) is 5.02 Å². The summed E-state index contributed by atoms with van der Waals surface area (Å²) >= 11 is 9.75. The van der Waals surface area contributed by atoms with Crippen LogP contribution in [0.5, 0.6) is 0 Å². The zero-order chi connectivity index (χ0) is 13.8. The first-order valence-corrected chi connectivity index (χ1v) is 7.54. The molecule has 0 unspecified atom stereocenters. The van der Waals surface area contributed by atoms with E-state index in [2.05, 4.69) is 15.9 Å². The van der Waals surface area contributed by atoms with E-state index in [0.29, 0.717) is 22.6 Å². The van der Waals surface area contributed by atoms with E-state index in [-0.39, 0.29) is 5.82 Å². The highest BCUT2D eigenvalue weighted by Gasteiger charge is 2.17. The Hall–Kier alpha value is -1.06. The molecule has 0 heterocycles. The molecule has 0 fully saturated rings. The van der Waals surface area contributed by atoms with Gasteiger partial charge in [0.1, 0.15) is 5.82 Å². The second-order valence-corrected chi connectivity index (χ2v) is 5.04. The molecular formula is C15H14BrClFN. The number of benzene rings is 2. The first kappa shape index (κ1) is 14.4. The standard InChI is InChI=1S/C15H14BrClFN/c1-2-19(14-9-4-3-8-13(14)18)15-11(10-16)6-5-7-12(15)17/h3-9H,2,10H2,1H3. The van der Waals surface area contributed by atoms with Gasteiger partial charge in [-0.25, -0.2) is 4.39 Å². The van der Waals surface area contributed by atoms with Gasteiger partial charge in [-0.3, -0.25) is 0 Å². The number of hydrogen-bond acceptors (Lipinski definition) is 1. The zero-order valence-corrected chi connectivity index (χ0v) is 12.9. The fourth-order valence-corrected chi connectivity index (χ4v) is 2.84. The highest BCUT2D eigenvalue weighted by Crippen LogP contribution is 2.36. The first-order valence-electron chi connectivity index (χ1n) is 6.04. The molecule has 0 aliphatic carbocycles. The predicted octanol–water partition coefficient (Wildman–Crippen LogP) is 5.53. The Balaban J connectivity index is 2.58. The molecule has 0 saturated heterocycles. The van der Waals surface area contributed by atoms with Crippen LogP contribution in [-0.2, 0) is 5.33 Å². The number of anilines is 2. The average Bonchev–Trinajstić information content (AvgIpc) is 2.43. The molecule has 0 aliphatic rings. The molecule has 0 saturated carbocycles. The van der Waals surface area contributed by atoms with Crippen LogP contribution in [0.15, 0.2) is 42.5 Å². The van der Waals surface area contributed by atoms with Gasteiger partial charge in [-0.05, 0) is 30.7 Å². The Labute approximate surface area is 126 Å². The Morgan fingerprint density at radius 3 is 2.53 bits per heavy atom. The van der Waals surface area contributed by atoms with Gasteiger partial charge in [0.25, 0.3) is 0 Å². The number of nitrogens with zero attached hydrogens (tertiary/aromatic N) is 1. The van der Waals surface area contributed by atoms with Gasteiger partial charge in [-0.15, -0.1) is 0 Å². The van der Waals surface area contributed by atoms with Gasteiger partial charge in [-0.2, -0.15) is 0 Å². The summed E-state index contributed by atoms with van der Waals surface area (Å²) in [7, 11) is 0. The maximum atomic E-state index is 14.0. The van der Waals surface area contributed by atoms with E-state index in [1.165, 1.54) is 6.07 Å². The summed E-state index contributed by atoms with van der Waals surface area (Å²) in [4.78, 5) is 1.90. The van der Waals surface area contributed by atoms with Crippen LogP contribution in [0.1, 0.15) is 12.5 Å². The first-order chi connectivity index (χ1) is 9.19. The van der Waals surface area contributed by atoms with Gasteiger partial charge in [0, 0.05) is 11.9 Å². The summed E-state index contributed by atoms with van der Waals surface area (Å²) in [6.45, 7) is 2.62. The minimum Gasteiger partial charge on any atom is -0.338 e. The molecular weight excluding hydrogens is 329 g/mol. The number of hydrogen-bond donors (Lipinski definition) is 0. The third-order valence-corrected chi connectivity index (χ3v) is 3.85. The van der Waals surface area contributed by atoms with Crippen molar-refractivity contribution < 1.29 is 4.39 Å². The van der Waals surface area contributed by atoms with Crippen LogP contribution in [0.25, 0.3) is 0 Å². The third kappa shape index (κ3) is 2.93. The number of halogens is 3. The smallest absolute Gasteiger partial charge is 0.146 e. The van der Waals surface area contributed by atoms with Crippen molar-refractivity contribution in [2.24, 2.45) is 0 Å². The quantitative estimate of drug-likeness (QED) is 0.660. The number of para-hydroxylation sites is 2. The van der Waals surface area contributed by atoms with Crippen molar-refractivity contribution in [1.29, 1.82) is 0 Å². The predicted molar refractivity (Wildman–Crippen MR) is 83.2 cm³/mol. The Bertz CT molecular complexity index is 574. The lowest BCUT2D eigenvalue weighted by molar-refractivity contribution is 0.625. The minimum atomic E-state index is -0.246. The maximum Gasteiger partial charge on any atom is 0.146 e. The third-order valence-electron chi connectivity index (χ3n) is 2.94. The number of rotatable bonds is 4. The van der Waals surface area contributed by atoms with E-state index in [0.717, 1.165) is 11.3 Å². The second-order valence-electron chi connectivity index (χ2n) is 4.08. The van der Waals surface area contributed by atoms with Crippen LogP contribution < -0.4 is 4.90 Å². The van der Waals surface area contributed by atoms with Gasteiger partial charge in [0.2, 0.25) is 0 Å². The van der Waals surface area contributed by atoms with Gasteiger partial charge in [-0.1, -0.05) is 51.8 Å². The molecule has 0 aromatic heterocycles. The number of alkyl halides is 1. The van der Waals surface area contributed by atoms with Gasteiger partial charge < -0.3 is 4.90 Å². The van der Waals surface area contributed by atoms with E-state index in [9.17, 15) is 4.39 Å². The SMILES string of the molecule is CCN(c1ccccc1F)c1c(Cl)cccc1CBr. The molecule has 19 heavy (non-hydrogen) atoms. The van der Waals surface area contributed by atoms with Crippen molar-refractivity contribution in [3.63, 3.8) is 0 Å². The molecule has 2 rings (SSSR count). The van der Waals surface area contributed by atoms with E-state index in [1.807, 2.05) is 36.1 Å². The summed E-state index contributed by atoms with van der Waals surface area (Å²) in [5.74, 6) is -0.246. The summed E-state index contributed by atoms with van der Waals surface area (Å²) in [5.41, 5.74) is 2.44. The molecule has 0 bridgehead atoms. The Morgan fingerprint density at radius 1 is 1.16 bits per heavy atom. The molecule has 0 amide bonds. The topological polar surface area (TPSA) is 3.24 Å². The van der Waals surface area contributed by atoms with Crippen molar-refractivity contribution in [2.45, 2.75) is 12.3 Å². The summed E-state index contributed by atoms with van der Waals surface area (Å²) < 4.78 is 14.0. The van der Waals surface area contributed by atoms with E-state index < -0.39 is 0 Å². The minimum absolute atomic E-state index is 0.246. The summed E-state index contributed by atoms with van der Waals surface area (Å²) in [6.07, 6.45) is 0. The molecule has 2 aromatic carbocycles. The molecule has 2 aromatic rings. The molecule has 0 radical (unpaired) electrons. The lowest BCUT2D eigenvalue weighted by atomic mass is 10.1. The molecule has 1 nitrogen and oxygen atoms in total. The van der Waals surface area contributed by atoms with E-state index in [4.69, 9.17) is 11.6 Å². The molecule has 0 atom stereocenters. The lowest BCUT2D eigenvalue weighted by Crippen LogP contribution is -2.19. The van der Waals surface area contributed by atoms with Gasteiger partial charge >= 0.3 is 0 Å². The van der Waals surface area contributed by atoms with E-state index in [1.54, 1.807) is 12.1 Å². The normalized spacial score (nSPS) is 10.5. The van der Waals surface area contributed by atoms with Gasteiger partial charge in [0.05, 0.1) is 16.4 Å². The van der Waals surface area contributed by atoms with Gasteiger partial charge in [0.15, 0.2) is 0 Å². The van der Waals surface area contributed by atoms with Crippen LogP contribution in [-0.4, -0.2) is 6.54 Å². The van der Waals surface area contributed by atoms with E-state index >= 15 is 0 Å². The Morgan fingerprint density at radius 2 is 1.89 bits per heavy atom. The van der Waals surface area contributed by atoms with Crippen molar-refractivity contribution in [3.8, 4) is 0 Å². The van der Waals surface area contributed by atoms with Crippen molar-refractivity contribution >= 4 is 38.9 Å². The maximum absolute atomic E-state index is 14.0. The largest absolute Gasteiger partial charge is 0.338 e. The molecule has 0 spiro atoms. The van der Waals surface area contributed by atoms with Crippen LogP contribution in [0, 0.1) is 5.82 Å². The fraction of sp³-hybridized carbons (Fsp3) is 0.200. The summed E-state index contributed by atoms with van der Waals surface area (Å²) in [6, 6.07) is 12.4. The zero-order valence-electron chi connectivity index (χ0n) is 10.5. The highest BCUT2D eigenvalue weighted by molar-refractivity contribution is 9.08. The molecule has 0 aliphatic heterocycles. The molecule has 0 N–H and O–H groups in total.